The normalized spacial score (nSPS) is 13.7. The largest absolute Gasteiger partial charge is 0.484 e. The topological polar surface area (TPSA) is 84.1 Å². The van der Waals surface area contributed by atoms with Gasteiger partial charge in [-0.25, -0.2) is 4.98 Å². The first kappa shape index (κ1) is 22.3. The summed E-state index contributed by atoms with van der Waals surface area (Å²) in [5, 5.41) is 3.45. The van der Waals surface area contributed by atoms with Gasteiger partial charge in [-0.15, -0.1) is 11.3 Å². The lowest BCUT2D eigenvalue weighted by atomic mass is 9.97. The Morgan fingerprint density at radius 2 is 1.94 bits per heavy atom. The first-order chi connectivity index (χ1) is 15.3. The minimum absolute atomic E-state index is 0.109. The summed E-state index contributed by atoms with van der Waals surface area (Å²) in [4.78, 5) is 34.1. The fourth-order valence-electron chi connectivity index (χ4n) is 3.72. The highest BCUT2D eigenvalue weighted by atomic mass is 32.1. The number of amides is 1. The number of hydrogen-bond acceptors (Lipinski definition) is 5. The van der Waals surface area contributed by atoms with E-state index in [-0.39, 0.29) is 30.2 Å². The number of rotatable bonds is 7. The second-order valence-corrected chi connectivity index (χ2v) is 8.81. The molecule has 2 N–H and O–H groups in total. The summed E-state index contributed by atoms with van der Waals surface area (Å²) in [5.41, 5.74) is 1.72. The van der Waals surface area contributed by atoms with Crippen LogP contribution in [0.25, 0.3) is 10.2 Å². The molecule has 170 valence electrons. The van der Waals surface area contributed by atoms with Crippen molar-refractivity contribution in [3.8, 4) is 5.75 Å². The Bertz CT molecular complexity index is 1170. The average Bonchev–Trinajstić information content (AvgIpc) is 3.14. The summed E-state index contributed by atoms with van der Waals surface area (Å²) in [6, 6.07) is 6.05. The van der Waals surface area contributed by atoms with Crippen molar-refractivity contribution in [3.05, 3.63) is 56.4 Å². The maximum atomic E-state index is 12.6. The van der Waals surface area contributed by atoms with E-state index in [9.17, 15) is 22.8 Å². The second kappa shape index (κ2) is 9.32. The fraction of sp³-hybridized carbons (Fsp3) is 0.409. The van der Waals surface area contributed by atoms with Crippen molar-refractivity contribution < 1.29 is 22.7 Å². The quantitative estimate of drug-likeness (QED) is 0.551. The van der Waals surface area contributed by atoms with Crippen molar-refractivity contribution in [2.45, 2.75) is 51.2 Å². The Balaban J connectivity index is 1.29. The van der Waals surface area contributed by atoms with Crippen molar-refractivity contribution in [1.82, 2.24) is 15.3 Å². The molecule has 1 aliphatic rings. The molecule has 2 aromatic heterocycles. The van der Waals surface area contributed by atoms with Crippen molar-refractivity contribution in [1.29, 1.82) is 0 Å². The van der Waals surface area contributed by atoms with E-state index >= 15 is 0 Å². The summed E-state index contributed by atoms with van der Waals surface area (Å²) in [5.74, 6) is 0.385. The van der Waals surface area contributed by atoms with Gasteiger partial charge in [0.25, 0.3) is 5.56 Å². The maximum absolute atomic E-state index is 12.6. The number of halogens is 3. The molecule has 3 aromatic rings. The number of nitrogens with one attached hydrogen (secondary N) is 2. The zero-order valence-corrected chi connectivity index (χ0v) is 18.0. The van der Waals surface area contributed by atoms with Crippen LogP contribution < -0.4 is 15.6 Å². The lowest BCUT2D eigenvalue weighted by molar-refractivity contribution is -0.153. The van der Waals surface area contributed by atoms with Gasteiger partial charge >= 0.3 is 6.18 Å². The van der Waals surface area contributed by atoms with Gasteiger partial charge in [0.1, 0.15) is 16.4 Å². The molecule has 4 rings (SSSR count). The lowest BCUT2D eigenvalue weighted by Crippen LogP contribution is -2.24. The van der Waals surface area contributed by atoms with Gasteiger partial charge < -0.3 is 15.0 Å². The van der Waals surface area contributed by atoms with E-state index in [4.69, 9.17) is 0 Å². The number of ether oxygens (including phenoxy) is 1. The number of fused-ring (bicyclic) bond motifs is 3. The highest BCUT2D eigenvalue weighted by Gasteiger charge is 2.28. The molecular formula is C22H22F3N3O3S. The van der Waals surface area contributed by atoms with E-state index in [0.717, 1.165) is 41.6 Å². The predicted molar refractivity (Wildman–Crippen MR) is 115 cm³/mol. The van der Waals surface area contributed by atoms with Crippen molar-refractivity contribution in [3.63, 3.8) is 0 Å². The number of aromatic nitrogens is 2. The van der Waals surface area contributed by atoms with Crippen LogP contribution in [0.2, 0.25) is 0 Å². The van der Waals surface area contributed by atoms with E-state index < -0.39 is 12.8 Å². The number of alkyl halides is 3. The minimum atomic E-state index is -4.39. The van der Waals surface area contributed by atoms with Crippen LogP contribution in [0.3, 0.4) is 0 Å². The third kappa shape index (κ3) is 5.48. The Hall–Kier alpha value is -2.88. The van der Waals surface area contributed by atoms with Crippen molar-refractivity contribution in [2.75, 3.05) is 6.61 Å². The molecule has 0 spiro atoms. The Kier molecular flexibility index (Phi) is 6.50. The molecule has 0 atom stereocenters. The van der Waals surface area contributed by atoms with Gasteiger partial charge in [0, 0.05) is 24.3 Å². The molecule has 0 fully saturated rings. The highest BCUT2D eigenvalue weighted by Crippen LogP contribution is 2.33. The molecule has 0 bridgehead atoms. The minimum Gasteiger partial charge on any atom is -0.484 e. The summed E-state index contributed by atoms with van der Waals surface area (Å²) >= 11 is 1.57. The van der Waals surface area contributed by atoms with Gasteiger partial charge in [-0.1, -0.05) is 12.1 Å². The predicted octanol–water partition coefficient (Wildman–Crippen LogP) is 4.05. The lowest BCUT2D eigenvalue weighted by Gasteiger charge is -2.10. The van der Waals surface area contributed by atoms with Crippen LogP contribution in [0.5, 0.6) is 5.75 Å². The van der Waals surface area contributed by atoms with Crippen LogP contribution in [0.4, 0.5) is 13.2 Å². The van der Waals surface area contributed by atoms with Crippen LogP contribution in [0, 0.1) is 0 Å². The van der Waals surface area contributed by atoms with Crippen LogP contribution in [0.15, 0.2) is 29.1 Å². The molecule has 1 aromatic carbocycles. The third-order valence-electron chi connectivity index (χ3n) is 5.28. The molecule has 1 aliphatic carbocycles. The molecule has 6 nitrogen and oxygen atoms in total. The maximum Gasteiger partial charge on any atom is 0.422 e. The molecule has 0 aliphatic heterocycles. The summed E-state index contributed by atoms with van der Waals surface area (Å²) in [7, 11) is 0. The number of hydrogen-bond donors (Lipinski definition) is 2. The van der Waals surface area contributed by atoms with Gasteiger partial charge in [0.15, 0.2) is 6.61 Å². The fourth-order valence-corrected chi connectivity index (χ4v) is 5.00. The summed E-state index contributed by atoms with van der Waals surface area (Å²) in [6.07, 6.45) is 0.202. The number of thiophene rings is 1. The molecule has 10 heteroatoms. The smallest absolute Gasteiger partial charge is 0.422 e. The molecule has 0 saturated heterocycles. The van der Waals surface area contributed by atoms with Crippen LogP contribution in [-0.2, 0) is 30.6 Å². The van der Waals surface area contributed by atoms with Gasteiger partial charge in [0.05, 0.1) is 5.39 Å². The van der Waals surface area contributed by atoms with E-state index in [1.165, 1.54) is 17.0 Å². The SMILES string of the molecule is O=C(CCc1nc2sc3c(c2c(=O)[nH]1)CCCC3)NCc1ccc(OCC(F)(F)F)cc1. The zero-order valence-electron chi connectivity index (χ0n) is 17.2. The van der Waals surface area contributed by atoms with E-state index in [1.807, 2.05) is 0 Å². The molecule has 0 unspecified atom stereocenters. The summed E-state index contributed by atoms with van der Waals surface area (Å²) in [6.45, 7) is -1.11. The summed E-state index contributed by atoms with van der Waals surface area (Å²) < 4.78 is 41.2. The number of aromatic amines is 1. The number of benzene rings is 1. The number of carbonyl (C=O) groups is 1. The zero-order chi connectivity index (χ0) is 22.7. The standard InChI is InChI=1S/C22H22F3N3O3S/c23-22(24,25)12-31-14-7-5-13(6-8-14)11-26-18(29)10-9-17-27-20(30)19-15-3-1-2-4-16(15)32-21(19)28-17/h5-8H,1-4,9-12H2,(H,26,29)(H,27,28,30). The number of carbonyl (C=O) groups excluding carboxylic acids is 1. The average molecular weight is 465 g/mol. The number of aryl methyl sites for hydroxylation is 3. The highest BCUT2D eigenvalue weighted by molar-refractivity contribution is 7.18. The van der Waals surface area contributed by atoms with Crippen LogP contribution in [-0.4, -0.2) is 28.7 Å². The molecule has 0 radical (unpaired) electrons. The Morgan fingerprint density at radius 1 is 1.19 bits per heavy atom. The number of nitrogens with zero attached hydrogens (tertiary/aromatic N) is 1. The molecule has 32 heavy (non-hydrogen) atoms. The van der Waals surface area contributed by atoms with E-state index in [2.05, 4.69) is 20.0 Å². The van der Waals surface area contributed by atoms with Crippen molar-refractivity contribution in [2.24, 2.45) is 0 Å². The monoisotopic (exact) mass is 465 g/mol. The molecule has 0 saturated carbocycles. The van der Waals surface area contributed by atoms with Gasteiger partial charge in [-0.2, -0.15) is 13.2 Å². The first-order valence-electron chi connectivity index (χ1n) is 10.4. The Labute approximate surface area is 185 Å². The van der Waals surface area contributed by atoms with Crippen LogP contribution >= 0.6 is 11.3 Å². The van der Waals surface area contributed by atoms with Crippen molar-refractivity contribution >= 4 is 27.5 Å². The third-order valence-corrected chi connectivity index (χ3v) is 6.46. The first-order valence-corrected chi connectivity index (χ1v) is 11.2. The molecule has 2 heterocycles. The Morgan fingerprint density at radius 3 is 2.69 bits per heavy atom. The second-order valence-electron chi connectivity index (χ2n) is 7.73. The molecule has 1 amide bonds. The van der Waals surface area contributed by atoms with Gasteiger partial charge in [-0.05, 0) is 48.9 Å². The van der Waals surface area contributed by atoms with E-state index in [0.29, 0.717) is 17.6 Å². The van der Waals surface area contributed by atoms with Crippen LogP contribution in [0.1, 0.15) is 41.1 Å². The van der Waals surface area contributed by atoms with Gasteiger partial charge in [-0.3, -0.25) is 9.59 Å². The number of H-pyrrole nitrogens is 1. The van der Waals surface area contributed by atoms with Gasteiger partial charge in [0.2, 0.25) is 5.91 Å². The molecular weight excluding hydrogens is 443 g/mol. The van der Waals surface area contributed by atoms with E-state index in [1.54, 1.807) is 23.5 Å².